The van der Waals surface area contributed by atoms with Crippen molar-refractivity contribution in [2.24, 2.45) is 5.92 Å². The Hall–Kier alpha value is -3.12. The van der Waals surface area contributed by atoms with Crippen LogP contribution in [0.2, 0.25) is 0 Å². The Bertz CT molecular complexity index is 1320. The summed E-state index contributed by atoms with van der Waals surface area (Å²) in [5.74, 6) is -0.753. The van der Waals surface area contributed by atoms with Crippen LogP contribution < -0.4 is 10.6 Å². The Labute approximate surface area is 188 Å². The summed E-state index contributed by atoms with van der Waals surface area (Å²) >= 11 is 0. The molecule has 4 rings (SSSR count). The van der Waals surface area contributed by atoms with Crippen molar-refractivity contribution in [1.82, 2.24) is 15.0 Å². The Morgan fingerprint density at radius 2 is 1.94 bits per heavy atom. The number of carbonyl (C=O) groups excluding carboxylic acids is 1. The van der Waals surface area contributed by atoms with Gasteiger partial charge in [0.05, 0.1) is 22.4 Å². The normalized spacial score (nSPS) is 15.1. The number of aromatic nitrogens is 3. The summed E-state index contributed by atoms with van der Waals surface area (Å²) in [6.07, 6.45) is -0.568. The molecule has 9 nitrogen and oxygen atoms in total. The number of hydrogen-bond acceptors (Lipinski definition) is 7. The number of pyridine rings is 1. The van der Waals surface area contributed by atoms with Gasteiger partial charge in [0, 0.05) is 25.3 Å². The van der Waals surface area contributed by atoms with Crippen molar-refractivity contribution in [2.45, 2.75) is 37.2 Å². The molecular formula is C21H23F2N5O4S. The molecule has 1 fully saturated rings. The molecule has 3 N–H and O–H groups in total. The molecule has 1 aliphatic rings. The number of carbonyl (C=O) groups is 1. The number of rotatable bonds is 8. The molecular weight excluding hydrogens is 456 g/mol. The van der Waals surface area contributed by atoms with Crippen LogP contribution in [0.15, 0.2) is 29.2 Å². The van der Waals surface area contributed by atoms with Crippen molar-refractivity contribution in [3.05, 3.63) is 35.7 Å². The number of halogens is 2. The predicted molar refractivity (Wildman–Crippen MR) is 118 cm³/mol. The van der Waals surface area contributed by atoms with Gasteiger partial charge in [0.15, 0.2) is 21.3 Å². The van der Waals surface area contributed by atoms with Gasteiger partial charge < -0.3 is 20.4 Å². The number of sulfone groups is 1. The van der Waals surface area contributed by atoms with Crippen LogP contribution in [0.5, 0.6) is 0 Å². The van der Waals surface area contributed by atoms with Crippen LogP contribution in [0, 0.1) is 5.92 Å². The highest BCUT2D eigenvalue weighted by molar-refractivity contribution is 7.90. The molecule has 1 aromatic carbocycles. The minimum atomic E-state index is -3.66. The van der Waals surface area contributed by atoms with Gasteiger partial charge in [-0.05, 0) is 37.5 Å². The van der Waals surface area contributed by atoms with Crippen LogP contribution in [0.1, 0.15) is 43.7 Å². The Balaban J connectivity index is 1.80. The Morgan fingerprint density at radius 1 is 1.21 bits per heavy atom. The van der Waals surface area contributed by atoms with E-state index >= 15 is 0 Å². The topological polar surface area (TPSA) is 126 Å². The van der Waals surface area contributed by atoms with E-state index in [-0.39, 0.29) is 51.2 Å². The molecule has 0 aliphatic heterocycles. The van der Waals surface area contributed by atoms with Gasteiger partial charge in [-0.15, -0.1) is 0 Å². The molecule has 176 valence electrons. The van der Waals surface area contributed by atoms with E-state index in [0.29, 0.717) is 5.56 Å². The molecule has 0 radical (unpaired) electrons. The third-order valence-electron chi connectivity index (χ3n) is 5.38. The summed E-state index contributed by atoms with van der Waals surface area (Å²) in [6.45, 7) is 1.78. The minimum Gasteiger partial charge on any atom is -0.377 e. The van der Waals surface area contributed by atoms with E-state index in [0.717, 1.165) is 19.1 Å². The second-order valence-corrected chi connectivity index (χ2v) is 9.95. The predicted octanol–water partition coefficient (Wildman–Crippen LogP) is 4.10. The molecule has 2 heterocycles. The number of nitrogens with one attached hydrogen (secondary N) is 3. The summed E-state index contributed by atoms with van der Waals surface area (Å²) in [5.41, 5.74) is 1.21. The molecule has 2 aromatic heterocycles. The second kappa shape index (κ2) is 8.67. The van der Waals surface area contributed by atoms with Crippen molar-refractivity contribution in [2.75, 3.05) is 24.0 Å². The number of benzene rings is 1. The number of hydrogen-bond donors (Lipinski definition) is 3. The van der Waals surface area contributed by atoms with Crippen LogP contribution in [0.3, 0.4) is 0 Å². The first-order chi connectivity index (χ1) is 15.6. The molecule has 0 spiro atoms. The number of nitrogens with zero attached hydrogens (tertiary/aromatic N) is 2. The number of fused-ring (bicyclic) bond motifs is 1. The maximum atomic E-state index is 13.3. The highest BCUT2D eigenvalue weighted by Gasteiger charge is 2.30. The number of methoxy groups -OCH3 is 1. The molecule has 1 amide bonds. The van der Waals surface area contributed by atoms with Gasteiger partial charge in [-0.25, -0.2) is 27.2 Å². The first-order valence-electron chi connectivity index (χ1n) is 10.2. The van der Waals surface area contributed by atoms with E-state index < -0.39 is 22.1 Å². The molecule has 1 saturated carbocycles. The third-order valence-corrected chi connectivity index (χ3v) is 6.51. The van der Waals surface area contributed by atoms with Crippen molar-refractivity contribution >= 4 is 44.1 Å². The van der Waals surface area contributed by atoms with Gasteiger partial charge in [-0.2, -0.15) is 0 Å². The van der Waals surface area contributed by atoms with Crippen molar-refractivity contribution in [1.29, 1.82) is 0 Å². The smallest absolute Gasteiger partial charge is 0.295 e. The molecule has 0 unspecified atom stereocenters. The van der Waals surface area contributed by atoms with Crippen LogP contribution in [-0.4, -0.2) is 42.6 Å². The fourth-order valence-corrected chi connectivity index (χ4v) is 4.20. The van der Waals surface area contributed by atoms with Crippen LogP contribution in [0.4, 0.5) is 26.0 Å². The number of amides is 1. The van der Waals surface area contributed by atoms with Gasteiger partial charge in [-0.3, -0.25) is 4.79 Å². The zero-order valence-corrected chi connectivity index (χ0v) is 19.0. The lowest BCUT2D eigenvalue weighted by molar-refractivity contribution is -0.117. The highest BCUT2D eigenvalue weighted by Crippen LogP contribution is 2.34. The molecule has 12 heteroatoms. The second-order valence-electron chi connectivity index (χ2n) is 7.97. The number of imidazole rings is 1. The van der Waals surface area contributed by atoms with Crippen molar-refractivity contribution in [3.63, 3.8) is 0 Å². The van der Waals surface area contributed by atoms with Gasteiger partial charge in [-0.1, -0.05) is 6.07 Å². The Morgan fingerprint density at radius 3 is 2.55 bits per heavy atom. The average Bonchev–Trinajstić information content (AvgIpc) is 3.51. The quantitative estimate of drug-likeness (QED) is 0.444. The average molecular weight is 480 g/mol. The fraction of sp³-hybridized carbons (Fsp3) is 0.381. The molecule has 3 aromatic rings. The number of ether oxygens (including phenoxy) is 1. The zero-order valence-electron chi connectivity index (χ0n) is 18.1. The summed E-state index contributed by atoms with van der Waals surface area (Å²) in [4.78, 5) is 22.8. The van der Waals surface area contributed by atoms with E-state index in [9.17, 15) is 22.0 Å². The number of aromatic amines is 1. The van der Waals surface area contributed by atoms with E-state index in [4.69, 9.17) is 4.74 Å². The third kappa shape index (κ3) is 4.96. The van der Waals surface area contributed by atoms with Crippen LogP contribution >= 0.6 is 0 Å². The lowest BCUT2D eigenvalue weighted by Crippen LogP contribution is -2.14. The highest BCUT2D eigenvalue weighted by atomic mass is 32.2. The lowest BCUT2D eigenvalue weighted by atomic mass is 10.1. The summed E-state index contributed by atoms with van der Waals surface area (Å²) in [7, 11) is -2.15. The number of anilines is 3. The van der Waals surface area contributed by atoms with Crippen LogP contribution in [0.25, 0.3) is 11.2 Å². The maximum Gasteiger partial charge on any atom is 0.295 e. The van der Waals surface area contributed by atoms with E-state index in [1.807, 2.05) is 0 Å². The van der Waals surface area contributed by atoms with Gasteiger partial charge in [0.2, 0.25) is 5.91 Å². The van der Waals surface area contributed by atoms with Gasteiger partial charge >= 0.3 is 0 Å². The molecule has 0 saturated heterocycles. The minimum absolute atomic E-state index is 0.00190. The molecule has 0 bridgehead atoms. The van der Waals surface area contributed by atoms with Crippen molar-refractivity contribution < 1.29 is 26.7 Å². The lowest BCUT2D eigenvalue weighted by Gasteiger charge is -2.16. The van der Waals surface area contributed by atoms with Gasteiger partial charge in [0.1, 0.15) is 11.3 Å². The molecule has 33 heavy (non-hydrogen) atoms. The van der Waals surface area contributed by atoms with E-state index in [1.54, 1.807) is 19.1 Å². The largest absolute Gasteiger partial charge is 0.377 e. The Kier molecular flexibility index (Phi) is 6.06. The number of H-pyrrole nitrogens is 1. The first kappa shape index (κ1) is 23.1. The standard InChI is InChI=1S/C21H23F2N5O4S/c1-10(32-2)12-6-7-13(15(8-12)33(3,30)31)24-14-9-16(26-21(29)11-4-5-11)25-19-17(14)27-20(28-19)18(22)23/h6-11,18H,4-5H2,1-3H3,(H3,24,25,26,27,28,29)/t10-/m1/s1. The van der Waals surface area contributed by atoms with E-state index in [1.165, 1.54) is 19.2 Å². The van der Waals surface area contributed by atoms with Crippen LogP contribution in [-0.2, 0) is 19.4 Å². The number of alkyl halides is 2. The zero-order chi connectivity index (χ0) is 23.9. The first-order valence-corrected chi connectivity index (χ1v) is 12.1. The van der Waals surface area contributed by atoms with Crippen molar-refractivity contribution in [3.8, 4) is 0 Å². The fourth-order valence-electron chi connectivity index (χ4n) is 3.33. The molecule has 1 aliphatic carbocycles. The summed E-state index contributed by atoms with van der Waals surface area (Å²) in [6, 6.07) is 6.21. The maximum absolute atomic E-state index is 13.3. The molecule has 1 atom stereocenters. The summed E-state index contributed by atoms with van der Waals surface area (Å²) in [5, 5.41) is 5.66. The van der Waals surface area contributed by atoms with E-state index in [2.05, 4.69) is 25.6 Å². The summed E-state index contributed by atoms with van der Waals surface area (Å²) < 4.78 is 56.8. The monoisotopic (exact) mass is 479 g/mol. The van der Waals surface area contributed by atoms with Gasteiger partial charge in [0.25, 0.3) is 6.43 Å². The SMILES string of the molecule is CO[C@H](C)c1ccc(Nc2cc(NC(=O)C3CC3)nc3[nH]c(C(F)F)nc23)c(S(C)(=O)=O)c1.